The summed E-state index contributed by atoms with van der Waals surface area (Å²) in [6.07, 6.45) is 0. The minimum absolute atomic E-state index is 0.316. The van der Waals surface area contributed by atoms with Gasteiger partial charge >= 0.3 is 0 Å². The Balaban J connectivity index is 2.49. The van der Waals surface area contributed by atoms with Gasteiger partial charge in [-0.1, -0.05) is 5.16 Å². The van der Waals surface area contributed by atoms with E-state index in [1.165, 1.54) is 0 Å². The molecule has 1 aromatic rings. The molecule has 0 aliphatic carbocycles. The van der Waals surface area contributed by atoms with Gasteiger partial charge in [-0.3, -0.25) is 0 Å². The van der Waals surface area contributed by atoms with Gasteiger partial charge in [-0.25, -0.2) is 0 Å². The first-order chi connectivity index (χ1) is 5.65. The predicted molar refractivity (Wildman–Crippen MR) is 47.0 cm³/mol. The second-order valence-electron chi connectivity index (χ2n) is 3.39. The molecule has 4 heteroatoms. The molecular weight excluding hydrogens is 174 g/mol. The fourth-order valence-corrected chi connectivity index (χ4v) is 1.66. The lowest BCUT2D eigenvalue weighted by atomic mass is 10.0. The fourth-order valence-electron chi connectivity index (χ4n) is 1.41. The molecule has 2 rings (SSSR count). The van der Waals surface area contributed by atoms with Gasteiger partial charge < -0.3 is 9.26 Å². The third-order valence-corrected chi connectivity index (χ3v) is 2.44. The Morgan fingerprint density at radius 3 is 3.00 bits per heavy atom. The molecule has 0 saturated carbocycles. The van der Waals surface area contributed by atoms with Gasteiger partial charge in [0.05, 0.1) is 12.3 Å². The SMILES string of the molecule is CC1(C)OCc2c(CS)noc21. The summed E-state index contributed by atoms with van der Waals surface area (Å²) in [7, 11) is 0. The number of hydrogen-bond acceptors (Lipinski definition) is 4. The average Bonchev–Trinajstić information content (AvgIpc) is 2.53. The Morgan fingerprint density at radius 1 is 1.58 bits per heavy atom. The van der Waals surface area contributed by atoms with E-state index in [2.05, 4.69) is 17.8 Å². The summed E-state index contributed by atoms with van der Waals surface area (Å²) < 4.78 is 10.7. The normalized spacial score (nSPS) is 19.6. The highest BCUT2D eigenvalue weighted by Crippen LogP contribution is 2.37. The molecule has 2 heterocycles. The highest BCUT2D eigenvalue weighted by Gasteiger charge is 2.37. The highest BCUT2D eigenvalue weighted by molar-refractivity contribution is 7.79. The van der Waals surface area contributed by atoms with Crippen molar-refractivity contribution in [3.8, 4) is 0 Å². The molecule has 12 heavy (non-hydrogen) atoms. The first kappa shape index (κ1) is 8.13. The summed E-state index contributed by atoms with van der Waals surface area (Å²) >= 11 is 4.15. The number of aromatic nitrogens is 1. The molecule has 0 spiro atoms. The number of nitrogens with zero attached hydrogens (tertiary/aromatic N) is 1. The molecule has 0 saturated heterocycles. The van der Waals surface area contributed by atoms with Gasteiger partial charge in [0.25, 0.3) is 0 Å². The number of fused-ring (bicyclic) bond motifs is 1. The van der Waals surface area contributed by atoms with Gasteiger partial charge in [-0.15, -0.1) is 0 Å². The zero-order chi connectivity index (χ0) is 8.77. The summed E-state index contributed by atoms with van der Waals surface area (Å²) in [6, 6.07) is 0. The maximum absolute atomic E-state index is 5.53. The van der Waals surface area contributed by atoms with Crippen LogP contribution in [0, 0.1) is 0 Å². The Hall–Kier alpha value is -0.480. The second-order valence-corrected chi connectivity index (χ2v) is 3.71. The first-order valence-electron chi connectivity index (χ1n) is 3.88. The minimum Gasteiger partial charge on any atom is -0.363 e. The minimum atomic E-state index is -0.316. The van der Waals surface area contributed by atoms with E-state index in [9.17, 15) is 0 Å². The van der Waals surface area contributed by atoms with Crippen molar-refractivity contribution in [3.05, 3.63) is 17.0 Å². The number of thiol groups is 1. The Kier molecular flexibility index (Phi) is 1.70. The van der Waals surface area contributed by atoms with Crippen LogP contribution in [0.2, 0.25) is 0 Å². The molecule has 0 atom stereocenters. The summed E-state index contributed by atoms with van der Waals surface area (Å²) in [5, 5.41) is 3.92. The van der Waals surface area contributed by atoms with Crippen LogP contribution in [0.15, 0.2) is 4.52 Å². The smallest absolute Gasteiger partial charge is 0.173 e. The Morgan fingerprint density at radius 2 is 2.33 bits per heavy atom. The van der Waals surface area contributed by atoms with Crippen LogP contribution in [0.1, 0.15) is 30.9 Å². The van der Waals surface area contributed by atoms with E-state index in [-0.39, 0.29) is 5.60 Å². The van der Waals surface area contributed by atoms with E-state index >= 15 is 0 Å². The Bertz CT molecular complexity index is 306. The lowest BCUT2D eigenvalue weighted by Crippen LogP contribution is -2.13. The van der Waals surface area contributed by atoms with Crippen molar-refractivity contribution in [2.45, 2.75) is 31.8 Å². The molecule has 0 N–H and O–H groups in total. The third kappa shape index (κ3) is 0.983. The molecule has 3 nitrogen and oxygen atoms in total. The van der Waals surface area contributed by atoms with E-state index in [4.69, 9.17) is 9.26 Å². The van der Waals surface area contributed by atoms with E-state index in [0.717, 1.165) is 17.0 Å². The number of rotatable bonds is 1. The topological polar surface area (TPSA) is 35.3 Å². The molecule has 66 valence electrons. The molecule has 0 bridgehead atoms. The van der Waals surface area contributed by atoms with Crippen LogP contribution < -0.4 is 0 Å². The van der Waals surface area contributed by atoms with E-state index in [0.29, 0.717) is 12.4 Å². The number of hydrogen-bond donors (Lipinski definition) is 1. The maximum Gasteiger partial charge on any atom is 0.173 e. The largest absolute Gasteiger partial charge is 0.363 e. The van der Waals surface area contributed by atoms with Gasteiger partial charge in [0.2, 0.25) is 0 Å². The van der Waals surface area contributed by atoms with Crippen LogP contribution in [0.3, 0.4) is 0 Å². The molecule has 1 aliphatic rings. The predicted octanol–water partition coefficient (Wildman–Crippen LogP) is 1.87. The third-order valence-electron chi connectivity index (χ3n) is 2.14. The van der Waals surface area contributed by atoms with Gasteiger partial charge in [-0.2, -0.15) is 12.6 Å². The second kappa shape index (κ2) is 2.50. The van der Waals surface area contributed by atoms with Crippen molar-refractivity contribution in [2.24, 2.45) is 0 Å². The van der Waals surface area contributed by atoms with Crippen LogP contribution >= 0.6 is 12.6 Å². The number of ether oxygens (including phenoxy) is 1. The molecule has 1 aliphatic heterocycles. The maximum atomic E-state index is 5.53. The van der Waals surface area contributed by atoms with Gasteiger partial charge in [-0.05, 0) is 13.8 Å². The molecule has 0 unspecified atom stereocenters. The van der Waals surface area contributed by atoms with Crippen molar-refractivity contribution in [1.29, 1.82) is 0 Å². The van der Waals surface area contributed by atoms with Crippen molar-refractivity contribution >= 4 is 12.6 Å². The monoisotopic (exact) mass is 185 g/mol. The summed E-state index contributed by atoms with van der Waals surface area (Å²) in [5.74, 6) is 1.46. The van der Waals surface area contributed by atoms with Crippen LogP contribution in [0.25, 0.3) is 0 Å². The van der Waals surface area contributed by atoms with Crippen molar-refractivity contribution in [2.75, 3.05) is 0 Å². The zero-order valence-corrected chi connectivity index (χ0v) is 8.02. The standard InChI is InChI=1S/C8H11NO2S/c1-8(2)7-5(3-10-8)6(4-12)9-11-7/h12H,3-4H2,1-2H3. The van der Waals surface area contributed by atoms with Gasteiger partial charge in [0.15, 0.2) is 5.76 Å². The summed E-state index contributed by atoms with van der Waals surface area (Å²) in [6.45, 7) is 4.56. The van der Waals surface area contributed by atoms with Crippen LogP contribution in [0.4, 0.5) is 0 Å². The van der Waals surface area contributed by atoms with E-state index < -0.39 is 0 Å². The molecule has 0 fully saturated rings. The summed E-state index contributed by atoms with van der Waals surface area (Å²) in [5.41, 5.74) is 1.66. The van der Waals surface area contributed by atoms with Crippen molar-refractivity contribution in [3.63, 3.8) is 0 Å². The Labute approximate surface area is 76.5 Å². The lowest BCUT2D eigenvalue weighted by molar-refractivity contribution is -0.0245. The zero-order valence-electron chi connectivity index (χ0n) is 7.13. The molecular formula is C8H11NO2S. The quantitative estimate of drug-likeness (QED) is 0.678. The average molecular weight is 185 g/mol. The van der Waals surface area contributed by atoms with Crippen molar-refractivity contribution in [1.82, 2.24) is 5.16 Å². The molecule has 0 amide bonds. The van der Waals surface area contributed by atoms with E-state index in [1.807, 2.05) is 13.8 Å². The van der Waals surface area contributed by atoms with Crippen LogP contribution in [-0.2, 0) is 22.7 Å². The summed E-state index contributed by atoms with van der Waals surface area (Å²) in [4.78, 5) is 0. The van der Waals surface area contributed by atoms with Crippen LogP contribution in [0.5, 0.6) is 0 Å². The molecule has 1 aromatic heterocycles. The fraction of sp³-hybridized carbons (Fsp3) is 0.625. The molecule has 0 radical (unpaired) electrons. The lowest BCUT2D eigenvalue weighted by Gasteiger charge is -2.13. The van der Waals surface area contributed by atoms with E-state index in [1.54, 1.807) is 0 Å². The molecule has 0 aromatic carbocycles. The van der Waals surface area contributed by atoms with Crippen molar-refractivity contribution < 1.29 is 9.26 Å². The van der Waals surface area contributed by atoms with Gasteiger partial charge in [0.1, 0.15) is 5.60 Å². The first-order valence-corrected chi connectivity index (χ1v) is 4.51. The van der Waals surface area contributed by atoms with Crippen LogP contribution in [-0.4, -0.2) is 5.16 Å². The van der Waals surface area contributed by atoms with Gasteiger partial charge in [0, 0.05) is 11.3 Å². The highest BCUT2D eigenvalue weighted by atomic mass is 32.1.